The molecular formula is C54H44N4O11S. The lowest BCUT2D eigenvalue weighted by Crippen LogP contribution is -2.42. The second-order valence-corrected chi connectivity index (χ2v) is 16.3. The molecule has 1 fully saturated rings. The van der Waals surface area contributed by atoms with E-state index in [0.29, 0.717) is 45.3 Å². The molecule has 8 aromatic rings. The van der Waals surface area contributed by atoms with Gasteiger partial charge >= 0.3 is 17.9 Å². The van der Waals surface area contributed by atoms with Gasteiger partial charge in [0.05, 0.1) is 54.8 Å². The highest BCUT2D eigenvalue weighted by atomic mass is 32.1. The molecule has 0 amide bonds. The number of esters is 3. The molecule has 15 nitrogen and oxygen atoms in total. The first-order valence-corrected chi connectivity index (χ1v) is 22.3. The number of rotatable bonds is 14. The van der Waals surface area contributed by atoms with Crippen molar-refractivity contribution in [1.29, 1.82) is 0 Å². The first-order chi connectivity index (χ1) is 34.1. The Hall–Kier alpha value is -8.60. The van der Waals surface area contributed by atoms with Crippen molar-refractivity contribution in [3.8, 4) is 45.3 Å². The number of hydrogen-bond donors (Lipinski definition) is 1. The van der Waals surface area contributed by atoms with Crippen molar-refractivity contribution in [3.05, 3.63) is 196 Å². The zero-order valence-electron chi connectivity index (χ0n) is 37.9. The van der Waals surface area contributed by atoms with Gasteiger partial charge in [-0.25, -0.2) is 23.9 Å². The van der Waals surface area contributed by atoms with E-state index in [9.17, 15) is 14.4 Å². The number of para-hydroxylation sites is 2. The molecule has 352 valence electrons. The van der Waals surface area contributed by atoms with E-state index in [1.807, 2.05) is 0 Å². The van der Waals surface area contributed by atoms with Crippen molar-refractivity contribution >= 4 is 46.8 Å². The number of carbonyl (C=O) groups is 3. The molecule has 0 aliphatic carbocycles. The molecule has 6 aromatic carbocycles. The molecule has 70 heavy (non-hydrogen) atoms. The van der Waals surface area contributed by atoms with E-state index >= 15 is 4.79 Å². The SMILES string of the molecule is COc1ccc(-c2cc(-c3ccc(N)cc3)nc3c2c(=O)n(-c2ccccc2OC)c(=S)n3[C@@H]2O[C@H](COC(=O)c3ccccc3)[C@@H](OC(=O)c3ccccc3)[C@H]2OC(=O)c2ccccc2)cc1OC. The molecule has 0 unspecified atom stereocenters. The molecule has 1 aliphatic heterocycles. The van der Waals surface area contributed by atoms with Gasteiger partial charge in [0.1, 0.15) is 18.5 Å². The van der Waals surface area contributed by atoms with Gasteiger partial charge in [0.2, 0.25) is 0 Å². The smallest absolute Gasteiger partial charge is 0.338 e. The van der Waals surface area contributed by atoms with Crippen molar-refractivity contribution in [1.82, 2.24) is 14.1 Å². The highest BCUT2D eigenvalue weighted by molar-refractivity contribution is 7.71. The lowest BCUT2D eigenvalue weighted by Gasteiger charge is -2.27. The third kappa shape index (κ3) is 9.20. The molecule has 2 N–H and O–H groups in total. The summed E-state index contributed by atoms with van der Waals surface area (Å²) in [5, 5.41) is 0.0412. The number of pyridine rings is 1. The summed E-state index contributed by atoms with van der Waals surface area (Å²) in [7, 11) is 4.48. The first kappa shape index (κ1) is 46.5. The van der Waals surface area contributed by atoms with E-state index in [-0.39, 0.29) is 38.2 Å². The lowest BCUT2D eigenvalue weighted by molar-refractivity contribution is -0.0617. The van der Waals surface area contributed by atoms with Crippen LogP contribution < -0.4 is 25.5 Å². The molecule has 9 rings (SSSR count). The standard InChI is InChI=1S/C54H44N4O11S/c1-63-41-22-14-13-21-40(41)57-49(59)45-38(36-25-28-42(64-2)43(29-36)65-3)30-39(32-23-26-37(55)27-24-32)56-48(45)58(54(57)70)50-47(69-53(62)35-19-11-6-12-20-35)46(68-52(61)34-17-9-5-10-18-34)44(67-50)31-66-51(60)33-15-7-4-8-16-33/h4-30,44,46-47,50H,31,55H2,1-3H3/t44-,46-,47-,50-/m1/s1. The van der Waals surface area contributed by atoms with Crippen LogP contribution in [0.2, 0.25) is 0 Å². The van der Waals surface area contributed by atoms with Gasteiger partial charge in [0.15, 0.2) is 40.4 Å². The van der Waals surface area contributed by atoms with Gasteiger partial charge in [-0.05, 0) is 96.6 Å². The number of nitrogens with two attached hydrogens (primary N) is 1. The average Bonchev–Trinajstić information content (AvgIpc) is 3.72. The summed E-state index contributed by atoms with van der Waals surface area (Å²) >= 11 is 6.38. The number of fused-ring (bicyclic) bond motifs is 1. The lowest BCUT2D eigenvalue weighted by atomic mass is 9.99. The maximum atomic E-state index is 15.6. The fraction of sp³-hybridized carbons (Fsp3) is 0.148. The maximum absolute atomic E-state index is 15.6. The molecule has 3 heterocycles. The molecule has 16 heteroatoms. The largest absolute Gasteiger partial charge is 0.495 e. The average molecular weight is 957 g/mol. The van der Waals surface area contributed by atoms with Crippen molar-refractivity contribution in [3.63, 3.8) is 0 Å². The van der Waals surface area contributed by atoms with Crippen molar-refractivity contribution in [2.24, 2.45) is 0 Å². The first-order valence-electron chi connectivity index (χ1n) is 21.9. The molecule has 1 aliphatic rings. The van der Waals surface area contributed by atoms with Gasteiger partial charge < -0.3 is 38.9 Å². The fourth-order valence-corrected chi connectivity index (χ4v) is 8.64. The molecule has 4 atom stereocenters. The third-order valence-electron chi connectivity index (χ3n) is 11.7. The Morgan fingerprint density at radius 3 is 1.77 bits per heavy atom. The summed E-state index contributed by atoms with van der Waals surface area (Å²) in [5.41, 5.74) is 8.79. The second-order valence-electron chi connectivity index (χ2n) is 15.9. The third-order valence-corrected chi connectivity index (χ3v) is 12.1. The summed E-state index contributed by atoms with van der Waals surface area (Å²) in [4.78, 5) is 62.8. The minimum Gasteiger partial charge on any atom is -0.495 e. The number of ether oxygens (including phenoxy) is 7. The van der Waals surface area contributed by atoms with Crippen LogP contribution in [0.5, 0.6) is 17.2 Å². The van der Waals surface area contributed by atoms with Gasteiger partial charge in [0.25, 0.3) is 5.56 Å². The number of anilines is 1. The maximum Gasteiger partial charge on any atom is 0.338 e. The van der Waals surface area contributed by atoms with E-state index in [1.165, 1.54) is 30.5 Å². The normalized spacial score (nSPS) is 16.3. The van der Waals surface area contributed by atoms with Gasteiger partial charge in [-0.2, -0.15) is 0 Å². The number of benzene rings is 6. The number of methoxy groups -OCH3 is 3. The number of aromatic nitrogens is 3. The van der Waals surface area contributed by atoms with Crippen LogP contribution in [0.25, 0.3) is 39.1 Å². The second kappa shape index (κ2) is 20.3. The van der Waals surface area contributed by atoms with Crippen LogP contribution in [-0.4, -0.2) is 78.3 Å². The zero-order chi connectivity index (χ0) is 48.9. The van der Waals surface area contributed by atoms with E-state index < -0.39 is 54.6 Å². The number of carbonyl (C=O) groups excluding carboxylic acids is 3. The number of nitrogen functional groups attached to an aromatic ring is 1. The Bertz CT molecular complexity index is 3350. The Kier molecular flexibility index (Phi) is 13.5. The van der Waals surface area contributed by atoms with Crippen LogP contribution >= 0.6 is 12.2 Å². The van der Waals surface area contributed by atoms with Crippen LogP contribution in [0.15, 0.2) is 169 Å². The zero-order valence-corrected chi connectivity index (χ0v) is 38.7. The Morgan fingerprint density at radius 2 is 1.17 bits per heavy atom. The monoisotopic (exact) mass is 956 g/mol. The van der Waals surface area contributed by atoms with Gasteiger partial charge in [0, 0.05) is 16.8 Å². The van der Waals surface area contributed by atoms with Crippen molar-refractivity contribution in [2.45, 2.75) is 24.5 Å². The summed E-state index contributed by atoms with van der Waals surface area (Å²) < 4.78 is 45.2. The number of hydrogen-bond acceptors (Lipinski definition) is 14. The van der Waals surface area contributed by atoms with Gasteiger partial charge in [-0.15, -0.1) is 0 Å². The molecule has 1 saturated heterocycles. The van der Waals surface area contributed by atoms with Crippen LogP contribution in [0.4, 0.5) is 5.69 Å². The van der Waals surface area contributed by atoms with Crippen LogP contribution in [0.1, 0.15) is 37.3 Å². The Labute approximate surface area is 406 Å². The topological polar surface area (TPSA) is 182 Å². The predicted octanol–water partition coefficient (Wildman–Crippen LogP) is 9.06. The molecule has 0 bridgehead atoms. The summed E-state index contributed by atoms with van der Waals surface area (Å²) in [6, 6.07) is 45.5. The van der Waals surface area contributed by atoms with E-state index in [0.717, 1.165) is 0 Å². The van der Waals surface area contributed by atoms with Gasteiger partial charge in [-0.3, -0.25) is 9.36 Å². The fourth-order valence-electron chi connectivity index (χ4n) is 8.27. The van der Waals surface area contributed by atoms with E-state index in [2.05, 4.69) is 0 Å². The number of nitrogens with zero attached hydrogens (tertiary/aromatic N) is 3. The van der Waals surface area contributed by atoms with Crippen molar-refractivity contribution < 1.29 is 47.5 Å². The summed E-state index contributed by atoms with van der Waals surface area (Å²) in [6.07, 6.45) is -5.87. The molecular weight excluding hydrogens is 913 g/mol. The van der Waals surface area contributed by atoms with E-state index in [1.54, 1.807) is 164 Å². The molecule has 0 saturated carbocycles. The molecule has 2 aromatic heterocycles. The molecule has 0 radical (unpaired) electrons. The van der Waals surface area contributed by atoms with Crippen LogP contribution in [-0.2, 0) is 18.9 Å². The quantitative estimate of drug-likeness (QED) is 0.0472. The highest BCUT2D eigenvalue weighted by Crippen LogP contribution is 2.41. The Balaban J connectivity index is 1.35. The Morgan fingerprint density at radius 1 is 0.629 bits per heavy atom. The van der Waals surface area contributed by atoms with Crippen LogP contribution in [0, 0.1) is 4.77 Å². The van der Waals surface area contributed by atoms with Crippen molar-refractivity contribution in [2.75, 3.05) is 33.7 Å². The van der Waals surface area contributed by atoms with E-state index in [4.69, 9.17) is 56.1 Å². The molecule has 0 spiro atoms. The summed E-state index contributed by atoms with van der Waals surface area (Å²) in [5.74, 6) is -1.19. The van der Waals surface area contributed by atoms with Gasteiger partial charge in [-0.1, -0.05) is 84.9 Å². The van der Waals surface area contributed by atoms with Crippen LogP contribution in [0.3, 0.4) is 0 Å². The minimum atomic E-state index is -1.55. The summed E-state index contributed by atoms with van der Waals surface area (Å²) in [6.45, 7) is -0.491. The predicted molar refractivity (Wildman–Crippen MR) is 263 cm³/mol. The highest BCUT2D eigenvalue weighted by Gasteiger charge is 2.52. The minimum absolute atomic E-state index is 0.0129.